The Kier molecular flexibility index (Phi) is 3.74. The van der Waals surface area contributed by atoms with Crippen LogP contribution in [0.15, 0.2) is 48.8 Å². The molecule has 2 aromatic heterocycles. The zero-order valence-electron chi connectivity index (χ0n) is 11.6. The number of nitrogens with one attached hydrogen (secondary N) is 1. The molecule has 4 heteroatoms. The van der Waals surface area contributed by atoms with Gasteiger partial charge in [0, 0.05) is 31.4 Å². The molecular formula is C16H18N4. The van der Waals surface area contributed by atoms with Crippen molar-refractivity contribution in [3.05, 3.63) is 60.0 Å². The van der Waals surface area contributed by atoms with Crippen molar-refractivity contribution in [3.63, 3.8) is 0 Å². The Balaban J connectivity index is 1.60. The Morgan fingerprint density at radius 2 is 2.05 bits per heavy atom. The number of nitrogens with zero attached hydrogens (tertiary/aromatic N) is 3. The van der Waals surface area contributed by atoms with E-state index in [0.717, 1.165) is 25.2 Å². The molecular weight excluding hydrogens is 248 g/mol. The zero-order valence-corrected chi connectivity index (χ0v) is 11.6. The van der Waals surface area contributed by atoms with Crippen LogP contribution in [0.1, 0.15) is 11.3 Å². The molecule has 0 radical (unpaired) electrons. The summed E-state index contributed by atoms with van der Waals surface area (Å²) < 4.78 is 1.94. The Morgan fingerprint density at radius 3 is 2.90 bits per heavy atom. The molecule has 2 heterocycles. The first-order chi connectivity index (χ1) is 9.84. The minimum atomic E-state index is 0.793. The molecule has 0 aliphatic rings. The summed E-state index contributed by atoms with van der Waals surface area (Å²) in [7, 11) is 1.99. The molecule has 3 rings (SSSR count). The number of hydrogen-bond acceptors (Lipinski definition) is 3. The predicted octanol–water partition coefficient (Wildman–Crippen LogP) is 2.30. The van der Waals surface area contributed by atoms with Crippen LogP contribution in [0.4, 0.5) is 0 Å². The van der Waals surface area contributed by atoms with Gasteiger partial charge in [-0.25, -0.2) is 0 Å². The van der Waals surface area contributed by atoms with E-state index in [2.05, 4.69) is 39.7 Å². The lowest BCUT2D eigenvalue weighted by Crippen LogP contribution is -2.17. The van der Waals surface area contributed by atoms with Gasteiger partial charge in [0.2, 0.25) is 0 Å². The summed E-state index contributed by atoms with van der Waals surface area (Å²) >= 11 is 0. The van der Waals surface area contributed by atoms with Gasteiger partial charge in [0.25, 0.3) is 0 Å². The molecule has 0 spiro atoms. The Hall–Kier alpha value is -2.20. The van der Waals surface area contributed by atoms with Crippen molar-refractivity contribution >= 4 is 10.9 Å². The average molecular weight is 266 g/mol. The second kappa shape index (κ2) is 5.84. The van der Waals surface area contributed by atoms with E-state index in [1.807, 2.05) is 30.1 Å². The summed E-state index contributed by atoms with van der Waals surface area (Å²) in [5, 5.41) is 9.25. The third kappa shape index (κ3) is 2.70. The zero-order chi connectivity index (χ0) is 13.8. The highest BCUT2D eigenvalue weighted by Gasteiger charge is 2.06. The minimum absolute atomic E-state index is 0.793. The number of fused-ring (bicyclic) bond motifs is 1. The lowest BCUT2D eigenvalue weighted by Gasteiger charge is -2.03. The van der Waals surface area contributed by atoms with E-state index in [9.17, 15) is 0 Å². The van der Waals surface area contributed by atoms with Gasteiger partial charge in [-0.3, -0.25) is 9.67 Å². The van der Waals surface area contributed by atoms with Gasteiger partial charge in [0.05, 0.1) is 11.2 Å². The van der Waals surface area contributed by atoms with Gasteiger partial charge in [-0.15, -0.1) is 0 Å². The fourth-order valence-corrected chi connectivity index (χ4v) is 2.40. The van der Waals surface area contributed by atoms with E-state index in [1.165, 1.54) is 16.5 Å². The van der Waals surface area contributed by atoms with Crippen LogP contribution >= 0.6 is 0 Å². The lowest BCUT2D eigenvalue weighted by molar-refractivity contribution is 0.658. The van der Waals surface area contributed by atoms with Gasteiger partial charge in [0.15, 0.2) is 0 Å². The first kappa shape index (κ1) is 12.8. The number of aromatic nitrogens is 3. The number of rotatable bonds is 5. The molecule has 0 fully saturated rings. The molecule has 0 bridgehead atoms. The van der Waals surface area contributed by atoms with Crippen LogP contribution in [-0.4, -0.2) is 21.3 Å². The van der Waals surface area contributed by atoms with E-state index < -0.39 is 0 Å². The van der Waals surface area contributed by atoms with Crippen molar-refractivity contribution in [2.24, 2.45) is 7.05 Å². The highest BCUT2D eigenvalue weighted by atomic mass is 15.3. The van der Waals surface area contributed by atoms with Crippen molar-refractivity contribution < 1.29 is 0 Å². The second-order valence-corrected chi connectivity index (χ2v) is 4.88. The van der Waals surface area contributed by atoms with Crippen LogP contribution in [0, 0.1) is 0 Å². The number of aryl methyl sites for hydroxylation is 1. The van der Waals surface area contributed by atoms with Crippen LogP contribution in [0.5, 0.6) is 0 Å². The normalized spacial score (nSPS) is 11.1. The molecule has 3 aromatic rings. The fraction of sp³-hybridized carbons (Fsp3) is 0.250. The molecule has 1 N–H and O–H groups in total. The van der Waals surface area contributed by atoms with Crippen molar-refractivity contribution in [2.75, 3.05) is 6.54 Å². The van der Waals surface area contributed by atoms with Crippen LogP contribution in [0.25, 0.3) is 10.9 Å². The van der Waals surface area contributed by atoms with Gasteiger partial charge in [-0.2, -0.15) is 5.10 Å². The summed E-state index contributed by atoms with van der Waals surface area (Å²) in [5.74, 6) is 0. The molecule has 0 atom stereocenters. The summed E-state index contributed by atoms with van der Waals surface area (Å²) in [4.78, 5) is 4.12. The average Bonchev–Trinajstić information content (AvgIpc) is 2.82. The topological polar surface area (TPSA) is 42.7 Å². The third-order valence-corrected chi connectivity index (χ3v) is 3.44. The number of benzene rings is 1. The molecule has 102 valence electrons. The van der Waals surface area contributed by atoms with Crippen LogP contribution < -0.4 is 5.32 Å². The van der Waals surface area contributed by atoms with Crippen LogP contribution in [-0.2, 0) is 20.0 Å². The molecule has 0 aliphatic heterocycles. The summed E-state index contributed by atoms with van der Waals surface area (Å²) in [5.41, 5.74) is 3.54. The first-order valence-electron chi connectivity index (χ1n) is 6.85. The van der Waals surface area contributed by atoms with Gasteiger partial charge < -0.3 is 5.32 Å². The lowest BCUT2D eigenvalue weighted by atomic mass is 10.2. The van der Waals surface area contributed by atoms with Crippen molar-refractivity contribution in [3.8, 4) is 0 Å². The maximum Gasteiger partial charge on any atom is 0.0841 e. The standard InChI is InChI=1S/C16H18N4/c1-20-16-7-3-2-6-14(16)15(19-20)12-18-10-8-13-5-4-9-17-11-13/h2-7,9,11,18H,8,10,12H2,1H3. The first-order valence-corrected chi connectivity index (χ1v) is 6.85. The predicted molar refractivity (Wildman–Crippen MR) is 80.4 cm³/mol. The van der Waals surface area contributed by atoms with Crippen LogP contribution in [0.3, 0.4) is 0 Å². The maximum atomic E-state index is 4.58. The molecule has 0 amide bonds. The van der Waals surface area contributed by atoms with E-state index in [4.69, 9.17) is 0 Å². The van der Waals surface area contributed by atoms with Gasteiger partial charge in [-0.05, 0) is 30.7 Å². The summed E-state index contributed by atoms with van der Waals surface area (Å²) in [6.07, 6.45) is 4.70. The van der Waals surface area contributed by atoms with E-state index >= 15 is 0 Å². The highest BCUT2D eigenvalue weighted by molar-refractivity contribution is 5.81. The van der Waals surface area contributed by atoms with E-state index in [1.54, 1.807) is 6.20 Å². The fourth-order valence-electron chi connectivity index (χ4n) is 2.40. The Bertz CT molecular complexity index is 688. The summed E-state index contributed by atoms with van der Waals surface area (Å²) in [6, 6.07) is 12.4. The maximum absolute atomic E-state index is 4.58. The quantitative estimate of drug-likeness (QED) is 0.721. The molecule has 20 heavy (non-hydrogen) atoms. The van der Waals surface area contributed by atoms with Crippen molar-refractivity contribution in [1.29, 1.82) is 0 Å². The minimum Gasteiger partial charge on any atom is -0.311 e. The number of hydrogen-bond donors (Lipinski definition) is 1. The smallest absolute Gasteiger partial charge is 0.0841 e. The van der Waals surface area contributed by atoms with E-state index in [0.29, 0.717) is 0 Å². The van der Waals surface area contributed by atoms with E-state index in [-0.39, 0.29) is 0 Å². The molecule has 0 aliphatic carbocycles. The molecule has 4 nitrogen and oxygen atoms in total. The summed E-state index contributed by atoms with van der Waals surface area (Å²) in [6.45, 7) is 1.72. The molecule has 0 saturated carbocycles. The Labute approximate surface area is 118 Å². The highest BCUT2D eigenvalue weighted by Crippen LogP contribution is 2.16. The van der Waals surface area contributed by atoms with Crippen molar-refractivity contribution in [1.82, 2.24) is 20.1 Å². The monoisotopic (exact) mass is 266 g/mol. The Morgan fingerprint density at radius 1 is 1.15 bits per heavy atom. The van der Waals surface area contributed by atoms with Crippen molar-refractivity contribution in [2.45, 2.75) is 13.0 Å². The third-order valence-electron chi connectivity index (χ3n) is 3.44. The molecule has 0 unspecified atom stereocenters. The van der Waals surface area contributed by atoms with Crippen LogP contribution in [0.2, 0.25) is 0 Å². The second-order valence-electron chi connectivity index (χ2n) is 4.88. The number of para-hydroxylation sites is 1. The largest absolute Gasteiger partial charge is 0.311 e. The van der Waals surface area contributed by atoms with Gasteiger partial charge in [-0.1, -0.05) is 24.3 Å². The van der Waals surface area contributed by atoms with Gasteiger partial charge >= 0.3 is 0 Å². The molecule has 0 saturated heterocycles. The SMILES string of the molecule is Cn1nc(CNCCc2cccnc2)c2ccccc21. The van der Waals surface area contributed by atoms with Gasteiger partial charge in [0.1, 0.15) is 0 Å². The molecule has 1 aromatic carbocycles. The number of pyridine rings is 1.